The van der Waals surface area contributed by atoms with Gasteiger partial charge in [-0.05, 0) is 11.8 Å². The average Bonchev–Trinajstić information content (AvgIpc) is 2.16. The summed E-state index contributed by atoms with van der Waals surface area (Å²) in [5.74, 6) is 1.27. The van der Waals surface area contributed by atoms with Gasteiger partial charge in [0, 0.05) is 18.4 Å². The summed E-state index contributed by atoms with van der Waals surface area (Å²) >= 11 is 3.49. The fraction of sp³-hybridized carbons (Fsp3) is 0.900. The number of carbonyl (C=O) groups is 1. The molecule has 0 aliphatic carbocycles. The number of ether oxygens (including phenoxy) is 1. The van der Waals surface area contributed by atoms with Crippen molar-refractivity contribution in [2.24, 2.45) is 11.8 Å². The van der Waals surface area contributed by atoms with E-state index >= 15 is 0 Å². The van der Waals surface area contributed by atoms with E-state index in [0.29, 0.717) is 18.4 Å². The van der Waals surface area contributed by atoms with Crippen molar-refractivity contribution in [3.8, 4) is 0 Å². The molecule has 1 unspecified atom stereocenters. The van der Waals surface area contributed by atoms with Crippen LogP contribution in [-0.2, 0) is 9.53 Å². The molecule has 0 bridgehead atoms. The molecule has 1 amide bonds. The zero-order valence-corrected chi connectivity index (χ0v) is 10.4. The second-order valence-corrected chi connectivity index (χ2v) is 4.70. The first kappa shape index (κ1) is 12.0. The lowest BCUT2D eigenvalue weighted by Gasteiger charge is -2.31. The monoisotopic (exact) mass is 263 g/mol. The highest BCUT2D eigenvalue weighted by Crippen LogP contribution is 2.16. The quantitative estimate of drug-likeness (QED) is 0.720. The van der Waals surface area contributed by atoms with Crippen LogP contribution in [0.1, 0.15) is 13.8 Å². The summed E-state index contributed by atoms with van der Waals surface area (Å²) in [6.45, 7) is 6.92. The SMILES string of the molecule is CC(C)C(CBr)CN1CCOCC1=O. The van der Waals surface area contributed by atoms with Gasteiger partial charge in [-0.1, -0.05) is 29.8 Å². The van der Waals surface area contributed by atoms with Crippen molar-refractivity contribution in [2.75, 3.05) is 31.6 Å². The third-order valence-electron chi connectivity index (χ3n) is 2.68. The molecule has 14 heavy (non-hydrogen) atoms. The number of hydrogen-bond donors (Lipinski definition) is 0. The van der Waals surface area contributed by atoms with E-state index in [2.05, 4.69) is 29.8 Å². The highest BCUT2D eigenvalue weighted by molar-refractivity contribution is 9.09. The van der Waals surface area contributed by atoms with Crippen molar-refractivity contribution in [3.05, 3.63) is 0 Å². The lowest BCUT2D eigenvalue weighted by Crippen LogP contribution is -2.45. The van der Waals surface area contributed by atoms with Gasteiger partial charge >= 0.3 is 0 Å². The molecule has 1 heterocycles. The summed E-state index contributed by atoms with van der Waals surface area (Å²) in [7, 11) is 0. The van der Waals surface area contributed by atoms with E-state index in [-0.39, 0.29) is 12.5 Å². The van der Waals surface area contributed by atoms with Crippen LogP contribution in [0.2, 0.25) is 0 Å². The maximum Gasteiger partial charge on any atom is 0.248 e. The number of hydrogen-bond acceptors (Lipinski definition) is 2. The van der Waals surface area contributed by atoms with Crippen LogP contribution in [0.4, 0.5) is 0 Å². The number of rotatable bonds is 4. The Morgan fingerprint density at radius 3 is 2.79 bits per heavy atom. The number of halogens is 1. The number of amides is 1. The summed E-state index contributed by atoms with van der Waals surface area (Å²) in [6.07, 6.45) is 0. The molecule has 4 heteroatoms. The molecule has 0 N–H and O–H groups in total. The Morgan fingerprint density at radius 1 is 1.57 bits per heavy atom. The molecule has 1 atom stereocenters. The molecule has 0 aromatic rings. The zero-order chi connectivity index (χ0) is 10.6. The molecule has 82 valence electrons. The van der Waals surface area contributed by atoms with Gasteiger partial charge in [-0.3, -0.25) is 4.79 Å². The minimum atomic E-state index is 0.128. The van der Waals surface area contributed by atoms with Crippen molar-refractivity contribution >= 4 is 21.8 Å². The third kappa shape index (κ3) is 3.24. The Morgan fingerprint density at radius 2 is 2.29 bits per heavy atom. The minimum absolute atomic E-state index is 0.128. The maximum atomic E-state index is 11.5. The normalized spacial score (nSPS) is 20.3. The summed E-state index contributed by atoms with van der Waals surface area (Å²) < 4.78 is 5.08. The van der Waals surface area contributed by atoms with E-state index in [4.69, 9.17) is 4.74 Å². The molecule has 0 aromatic carbocycles. The van der Waals surface area contributed by atoms with Crippen LogP contribution in [0.15, 0.2) is 0 Å². The van der Waals surface area contributed by atoms with Crippen molar-refractivity contribution in [2.45, 2.75) is 13.8 Å². The average molecular weight is 264 g/mol. The molecular weight excluding hydrogens is 246 g/mol. The van der Waals surface area contributed by atoms with Crippen LogP contribution in [0.5, 0.6) is 0 Å². The van der Waals surface area contributed by atoms with Gasteiger partial charge in [-0.15, -0.1) is 0 Å². The van der Waals surface area contributed by atoms with Gasteiger partial charge in [0.1, 0.15) is 6.61 Å². The van der Waals surface area contributed by atoms with Crippen LogP contribution < -0.4 is 0 Å². The largest absolute Gasteiger partial charge is 0.370 e. The first-order valence-electron chi connectivity index (χ1n) is 5.06. The van der Waals surface area contributed by atoms with Gasteiger partial charge in [0.15, 0.2) is 0 Å². The van der Waals surface area contributed by atoms with Crippen LogP contribution in [0.25, 0.3) is 0 Å². The van der Waals surface area contributed by atoms with Crippen LogP contribution >= 0.6 is 15.9 Å². The Hall–Kier alpha value is -0.0900. The molecule has 0 radical (unpaired) electrons. The van der Waals surface area contributed by atoms with E-state index in [9.17, 15) is 4.79 Å². The van der Waals surface area contributed by atoms with Gasteiger partial charge in [-0.2, -0.15) is 0 Å². The maximum absolute atomic E-state index is 11.5. The first-order valence-corrected chi connectivity index (χ1v) is 6.18. The predicted molar refractivity (Wildman–Crippen MR) is 59.5 cm³/mol. The number of carbonyl (C=O) groups excluding carboxylic acids is 1. The number of nitrogens with zero attached hydrogens (tertiary/aromatic N) is 1. The molecule has 1 saturated heterocycles. The van der Waals surface area contributed by atoms with Crippen molar-refractivity contribution in [1.29, 1.82) is 0 Å². The van der Waals surface area contributed by atoms with Crippen LogP contribution in [-0.4, -0.2) is 42.4 Å². The number of morpholine rings is 1. The van der Waals surface area contributed by atoms with E-state index in [0.717, 1.165) is 18.4 Å². The Kier molecular flexibility index (Phi) is 4.89. The topological polar surface area (TPSA) is 29.5 Å². The minimum Gasteiger partial charge on any atom is -0.370 e. The van der Waals surface area contributed by atoms with Gasteiger partial charge in [-0.25, -0.2) is 0 Å². The molecule has 0 spiro atoms. The fourth-order valence-electron chi connectivity index (χ4n) is 1.46. The number of alkyl halides is 1. The molecule has 1 aliphatic heterocycles. The Labute approximate surface area is 93.9 Å². The predicted octanol–water partition coefficient (Wildman–Crippen LogP) is 1.51. The summed E-state index contributed by atoms with van der Waals surface area (Å²) in [5.41, 5.74) is 0. The van der Waals surface area contributed by atoms with E-state index in [1.807, 2.05) is 4.90 Å². The summed E-state index contributed by atoms with van der Waals surface area (Å²) in [6, 6.07) is 0. The van der Waals surface area contributed by atoms with Crippen LogP contribution in [0, 0.1) is 11.8 Å². The van der Waals surface area contributed by atoms with Crippen LogP contribution in [0.3, 0.4) is 0 Å². The highest BCUT2D eigenvalue weighted by Gasteiger charge is 2.23. The standard InChI is InChI=1S/C10H18BrNO2/c1-8(2)9(5-11)6-12-3-4-14-7-10(12)13/h8-9H,3-7H2,1-2H3. The zero-order valence-electron chi connectivity index (χ0n) is 8.83. The van der Waals surface area contributed by atoms with E-state index < -0.39 is 0 Å². The second kappa shape index (κ2) is 5.71. The van der Waals surface area contributed by atoms with Gasteiger partial charge < -0.3 is 9.64 Å². The summed E-state index contributed by atoms with van der Waals surface area (Å²) in [4.78, 5) is 13.4. The molecule has 1 fully saturated rings. The van der Waals surface area contributed by atoms with Gasteiger partial charge in [0.25, 0.3) is 0 Å². The molecule has 0 aromatic heterocycles. The Balaban J connectivity index is 2.44. The van der Waals surface area contributed by atoms with E-state index in [1.54, 1.807) is 0 Å². The van der Waals surface area contributed by atoms with E-state index in [1.165, 1.54) is 0 Å². The Bertz CT molecular complexity index is 197. The molecule has 0 saturated carbocycles. The smallest absolute Gasteiger partial charge is 0.248 e. The van der Waals surface area contributed by atoms with Gasteiger partial charge in [0.2, 0.25) is 5.91 Å². The molecular formula is C10H18BrNO2. The third-order valence-corrected chi connectivity index (χ3v) is 3.51. The van der Waals surface area contributed by atoms with Crippen molar-refractivity contribution < 1.29 is 9.53 Å². The second-order valence-electron chi connectivity index (χ2n) is 4.05. The van der Waals surface area contributed by atoms with Gasteiger partial charge in [0.05, 0.1) is 6.61 Å². The lowest BCUT2D eigenvalue weighted by atomic mass is 9.97. The fourth-order valence-corrected chi connectivity index (χ4v) is 2.42. The molecule has 1 rings (SSSR count). The molecule has 3 nitrogen and oxygen atoms in total. The highest BCUT2D eigenvalue weighted by atomic mass is 79.9. The lowest BCUT2D eigenvalue weighted by molar-refractivity contribution is -0.143. The van der Waals surface area contributed by atoms with Crippen molar-refractivity contribution in [3.63, 3.8) is 0 Å². The molecule has 1 aliphatic rings. The van der Waals surface area contributed by atoms with Crippen molar-refractivity contribution in [1.82, 2.24) is 4.90 Å². The summed E-state index contributed by atoms with van der Waals surface area (Å²) in [5, 5.41) is 0.954. The first-order chi connectivity index (χ1) is 6.65.